The number of amides is 2. The smallest absolute Gasteiger partial charge is 0.314 e. The van der Waals surface area contributed by atoms with E-state index in [1.54, 1.807) is 21.8 Å². The molecule has 29 heavy (non-hydrogen) atoms. The molecule has 0 radical (unpaired) electrons. The Morgan fingerprint density at radius 1 is 1.07 bits per heavy atom. The number of carbonyl (C=O) groups excluding carboxylic acids is 1. The molecule has 1 fully saturated rings. The van der Waals surface area contributed by atoms with E-state index >= 15 is 0 Å². The quantitative estimate of drug-likeness (QED) is 0.591. The minimum absolute atomic E-state index is 0.0609. The third kappa shape index (κ3) is 6.29. The summed E-state index contributed by atoms with van der Waals surface area (Å²) in [5.41, 5.74) is 1.26. The lowest BCUT2D eigenvalue weighted by Crippen LogP contribution is -2.45. The molecule has 8 heteroatoms. The van der Waals surface area contributed by atoms with Crippen LogP contribution in [0.15, 0.2) is 52.1 Å². The third-order valence-corrected chi connectivity index (χ3v) is 8.49. The Morgan fingerprint density at radius 2 is 1.86 bits per heavy atom. The number of aryl methyl sites for hydroxylation is 1. The van der Waals surface area contributed by atoms with Crippen molar-refractivity contribution in [2.45, 2.75) is 48.8 Å². The molecular formula is C21H29N3O3S2. The Hall–Kier alpha value is -1.90. The van der Waals surface area contributed by atoms with E-state index in [1.807, 2.05) is 18.2 Å². The SMILES string of the molecule is O=C(NCCCc1ccccc1)NCCC1CCCCN1S(=O)(=O)c1cccs1. The van der Waals surface area contributed by atoms with Crippen molar-refractivity contribution >= 4 is 27.4 Å². The van der Waals surface area contributed by atoms with Crippen LogP contribution in [0.5, 0.6) is 0 Å². The molecule has 1 aromatic carbocycles. The molecule has 3 rings (SSSR count). The van der Waals surface area contributed by atoms with Gasteiger partial charge in [0, 0.05) is 25.7 Å². The van der Waals surface area contributed by atoms with Crippen molar-refractivity contribution in [2.24, 2.45) is 0 Å². The van der Waals surface area contributed by atoms with Gasteiger partial charge in [-0.1, -0.05) is 42.8 Å². The van der Waals surface area contributed by atoms with Crippen LogP contribution in [0, 0.1) is 0 Å². The molecule has 2 aromatic rings. The van der Waals surface area contributed by atoms with Gasteiger partial charge in [0.05, 0.1) is 0 Å². The predicted molar refractivity (Wildman–Crippen MR) is 117 cm³/mol. The van der Waals surface area contributed by atoms with E-state index in [-0.39, 0.29) is 12.1 Å². The number of hydrogen-bond donors (Lipinski definition) is 2. The highest BCUT2D eigenvalue weighted by molar-refractivity contribution is 7.91. The molecule has 2 N–H and O–H groups in total. The zero-order valence-electron chi connectivity index (χ0n) is 16.5. The summed E-state index contributed by atoms with van der Waals surface area (Å²) in [6, 6.07) is 13.4. The molecule has 2 heterocycles. The van der Waals surface area contributed by atoms with Crippen LogP contribution < -0.4 is 10.6 Å². The Balaban J connectivity index is 1.39. The summed E-state index contributed by atoms with van der Waals surface area (Å²) in [5.74, 6) is 0. The van der Waals surface area contributed by atoms with Gasteiger partial charge in [-0.3, -0.25) is 0 Å². The second-order valence-corrected chi connectivity index (χ2v) is 10.3. The maximum atomic E-state index is 12.9. The topological polar surface area (TPSA) is 78.5 Å². The van der Waals surface area contributed by atoms with Crippen molar-refractivity contribution in [3.63, 3.8) is 0 Å². The van der Waals surface area contributed by atoms with Crippen molar-refractivity contribution in [1.29, 1.82) is 0 Å². The highest BCUT2D eigenvalue weighted by Crippen LogP contribution is 2.28. The van der Waals surface area contributed by atoms with E-state index < -0.39 is 10.0 Å². The number of hydrogen-bond acceptors (Lipinski definition) is 4. The number of urea groups is 1. The van der Waals surface area contributed by atoms with Gasteiger partial charge < -0.3 is 10.6 Å². The number of sulfonamides is 1. The summed E-state index contributed by atoms with van der Waals surface area (Å²) < 4.78 is 27.8. The molecular weight excluding hydrogens is 406 g/mol. The van der Waals surface area contributed by atoms with E-state index in [0.717, 1.165) is 32.1 Å². The fourth-order valence-electron chi connectivity index (χ4n) is 3.66. The number of carbonyl (C=O) groups is 1. The van der Waals surface area contributed by atoms with Crippen LogP contribution in [-0.2, 0) is 16.4 Å². The molecule has 1 aromatic heterocycles. The van der Waals surface area contributed by atoms with Gasteiger partial charge >= 0.3 is 6.03 Å². The van der Waals surface area contributed by atoms with Crippen molar-refractivity contribution in [3.05, 3.63) is 53.4 Å². The van der Waals surface area contributed by atoms with Crippen molar-refractivity contribution in [2.75, 3.05) is 19.6 Å². The summed E-state index contributed by atoms with van der Waals surface area (Å²) in [4.78, 5) is 12.0. The van der Waals surface area contributed by atoms with E-state index in [9.17, 15) is 13.2 Å². The third-order valence-electron chi connectivity index (χ3n) is 5.16. The Kier molecular flexibility index (Phi) is 8.09. The molecule has 1 aliphatic heterocycles. The molecule has 158 valence electrons. The highest BCUT2D eigenvalue weighted by Gasteiger charge is 2.33. The van der Waals surface area contributed by atoms with E-state index in [2.05, 4.69) is 22.8 Å². The zero-order valence-corrected chi connectivity index (χ0v) is 18.2. The van der Waals surface area contributed by atoms with Gasteiger partial charge in [-0.05, 0) is 49.1 Å². The molecule has 1 saturated heterocycles. The molecule has 0 bridgehead atoms. The Labute approximate surface area is 177 Å². The molecule has 0 spiro atoms. The predicted octanol–water partition coefficient (Wildman–Crippen LogP) is 3.61. The normalized spacial score (nSPS) is 17.7. The highest BCUT2D eigenvalue weighted by atomic mass is 32.2. The van der Waals surface area contributed by atoms with Crippen LogP contribution in [0.3, 0.4) is 0 Å². The number of nitrogens with one attached hydrogen (secondary N) is 2. The van der Waals surface area contributed by atoms with Gasteiger partial charge in [0.25, 0.3) is 10.0 Å². The lowest BCUT2D eigenvalue weighted by Gasteiger charge is -2.34. The molecule has 2 amide bonds. The monoisotopic (exact) mass is 435 g/mol. The fourth-order valence-corrected chi connectivity index (χ4v) is 6.50. The van der Waals surface area contributed by atoms with Gasteiger partial charge in [0.1, 0.15) is 4.21 Å². The maximum absolute atomic E-state index is 12.9. The number of rotatable bonds is 9. The number of nitrogens with zero attached hydrogens (tertiary/aromatic N) is 1. The van der Waals surface area contributed by atoms with Gasteiger partial charge in [-0.2, -0.15) is 4.31 Å². The summed E-state index contributed by atoms with van der Waals surface area (Å²) in [6.45, 7) is 1.63. The molecule has 6 nitrogen and oxygen atoms in total. The molecule has 0 aliphatic carbocycles. The lowest BCUT2D eigenvalue weighted by molar-refractivity contribution is 0.229. The Morgan fingerprint density at radius 3 is 2.62 bits per heavy atom. The van der Waals surface area contributed by atoms with Crippen LogP contribution in [0.2, 0.25) is 0 Å². The summed E-state index contributed by atoms with van der Waals surface area (Å²) in [6.07, 6.45) is 5.18. The largest absolute Gasteiger partial charge is 0.338 e. The van der Waals surface area contributed by atoms with Gasteiger partial charge in [0.15, 0.2) is 0 Å². The van der Waals surface area contributed by atoms with Crippen molar-refractivity contribution in [3.8, 4) is 0 Å². The van der Waals surface area contributed by atoms with Gasteiger partial charge in [-0.15, -0.1) is 11.3 Å². The average Bonchev–Trinajstić information content (AvgIpc) is 3.28. The first-order valence-electron chi connectivity index (χ1n) is 10.2. The minimum Gasteiger partial charge on any atom is -0.338 e. The zero-order chi connectivity index (χ0) is 20.5. The van der Waals surface area contributed by atoms with Crippen LogP contribution in [0.1, 0.15) is 37.7 Å². The second kappa shape index (κ2) is 10.8. The number of benzene rings is 1. The van der Waals surface area contributed by atoms with Gasteiger partial charge in [0.2, 0.25) is 0 Å². The van der Waals surface area contributed by atoms with E-state index in [1.165, 1.54) is 16.9 Å². The van der Waals surface area contributed by atoms with Crippen molar-refractivity contribution in [1.82, 2.24) is 14.9 Å². The molecule has 1 atom stereocenters. The molecule has 1 unspecified atom stereocenters. The molecule has 1 aliphatic rings. The van der Waals surface area contributed by atoms with E-state index in [4.69, 9.17) is 0 Å². The summed E-state index contributed by atoms with van der Waals surface area (Å²) >= 11 is 1.25. The van der Waals surface area contributed by atoms with Crippen LogP contribution >= 0.6 is 11.3 Å². The van der Waals surface area contributed by atoms with Crippen LogP contribution in [0.4, 0.5) is 4.79 Å². The first-order valence-corrected chi connectivity index (χ1v) is 12.5. The van der Waals surface area contributed by atoms with E-state index in [0.29, 0.717) is 30.3 Å². The summed E-state index contributed by atoms with van der Waals surface area (Å²) in [7, 11) is -3.44. The number of thiophene rings is 1. The molecule has 0 saturated carbocycles. The second-order valence-electron chi connectivity index (χ2n) is 7.26. The first-order chi connectivity index (χ1) is 14.1. The summed E-state index contributed by atoms with van der Waals surface area (Å²) in [5, 5.41) is 7.53. The minimum atomic E-state index is -3.44. The first kappa shape index (κ1) is 21.8. The van der Waals surface area contributed by atoms with Crippen LogP contribution in [-0.4, -0.2) is 44.4 Å². The Bertz CT molecular complexity index is 855. The average molecular weight is 436 g/mol. The lowest BCUT2D eigenvalue weighted by atomic mass is 10.0. The van der Waals surface area contributed by atoms with Gasteiger partial charge in [-0.25, -0.2) is 13.2 Å². The maximum Gasteiger partial charge on any atom is 0.314 e. The number of piperidine rings is 1. The van der Waals surface area contributed by atoms with Crippen LogP contribution in [0.25, 0.3) is 0 Å². The fraction of sp³-hybridized carbons (Fsp3) is 0.476. The standard InChI is InChI=1S/C21H29N3O3S2/c25-21(22-14-6-10-18-8-2-1-3-9-18)23-15-13-19-11-4-5-16-24(19)29(26,27)20-12-7-17-28-20/h1-3,7-9,12,17,19H,4-6,10-11,13-16H2,(H2,22,23,25). The van der Waals surface area contributed by atoms with Crippen molar-refractivity contribution < 1.29 is 13.2 Å².